The molecule has 1 heterocycles. The van der Waals surface area contributed by atoms with Gasteiger partial charge in [0.15, 0.2) is 5.82 Å². The number of carbonyl (C=O) groups is 1. The summed E-state index contributed by atoms with van der Waals surface area (Å²) in [5.41, 5.74) is -1.32. The first-order valence-electron chi connectivity index (χ1n) is 9.11. The molecule has 142 valence electrons. The zero-order chi connectivity index (χ0) is 18.7. The van der Waals surface area contributed by atoms with Crippen molar-refractivity contribution in [1.29, 1.82) is 0 Å². The van der Waals surface area contributed by atoms with Gasteiger partial charge in [-0.2, -0.15) is 4.98 Å². The Hall–Kier alpha value is -1.63. The van der Waals surface area contributed by atoms with Crippen molar-refractivity contribution in [3.05, 3.63) is 11.7 Å². The Balaban J connectivity index is 1.95. The number of nitrogens with one attached hydrogen (secondary N) is 1. The lowest BCUT2D eigenvalue weighted by Gasteiger charge is -2.30. The van der Waals surface area contributed by atoms with E-state index in [9.17, 15) is 4.79 Å². The van der Waals surface area contributed by atoms with Crippen LogP contribution >= 0.6 is 0 Å². The number of ether oxygens (including phenoxy) is 1. The molecule has 0 saturated heterocycles. The predicted octanol–water partition coefficient (Wildman–Crippen LogP) is 3.59. The van der Waals surface area contributed by atoms with Gasteiger partial charge >= 0.3 is 6.09 Å². The molecule has 0 unspecified atom stereocenters. The summed E-state index contributed by atoms with van der Waals surface area (Å²) < 4.78 is 10.7. The standard InChI is InChI=1S/C18H32N4O3/c1-17(2,3)24-16(23)20-18(4,5)15-19-14(25-21-15)12-22(6)13-10-8-7-9-11-13/h13H,7-12H2,1-6H3,(H,20,23). The minimum Gasteiger partial charge on any atom is -0.444 e. The molecule has 1 aromatic rings. The molecule has 0 radical (unpaired) electrons. The first kappa shape index (κ1) is 19.7. The van der Waals surface area contributed by atoms with Crippen molar-refractivity contribution in [2.45, 2.75) is 90.4 Å². The zero-order valence-electron chi connectivity index (χ0n) is 16.4. The van der Waals surface area contributed by atoms with E-state index in [2.05, 4.69) is 27.4 Å². The lowest BCUT2D eigenvalue weighted by molar-refractivity contribution is 0.0465. The molecule has 1 aromatic heterocycles. The van der Waals surface area contributed by atoms with E-state index in [-0.39, 0.29) is 0 Å². The highest BCUT2D eigenvalue weighted by Gasteiger charge is 2.31. The van der Waals surface area contributed by atoms with Gasteiger partial charge in [0.25, 0.3) is 0 Å². The summed E-state index contributed by atoms with van der Waals surface area (Å²) in [6, 6.07) is 0.581. The third kappa shape index (κ3) is 5.99. The highest BCUT2D eigenvalue weighted by molar-refractivity contribution is 5.68. The van der Waals surface area contributed by atoms with Crippen LogP contribution in [0.5, 0.6) is 0 Å². The second-order valence-corrected chi connectivity index (χ2v) is 8.47. The van der Waals surface area contributed by atoms with Crippen LogP contribution in [0.15, 0.2) is 4.52 Å². The van der Waals surface area contributed by atoms with Gasteiger partial charge in [0, 0.05) is 6.04 Å². The Morgan fingerprint density at radius 1 is 1.24 bits per heavy atom. The quantitative estimate of drug-likeness (QED) is 0.872. The van der Waals surface area contributed by atoms with E-state index in [1.54, 1.807) is 0 Å². The SMILES string of the molecule is CN(Cc1nc(C(C)(C)NC(=O)OC(C)(C)C)no1)C1CCCCC1. The summed E-state index contributed by atoms with van der Waals surface area (Å²) in [7, 11) is 2.10. The summed E-state index contributed by atoms with van der Waals surface area (Å²) in [4.78, 5) is 18.8. The maximum absolute atomic E-state index is 12.0. The number of alkyl carbamates (subject to hydrolysis) is 1. The Bertz CT molecular complexity index is 571. The summed E-state index contributed by atoms with van der Waals surface area (Å²) in [6.07, 6.45) is 5.86. The average molecular weight is 352 g/mol. The van der Waals surface area contributed by atoms with Gasteiger partial charge in [-0.1, -0.05) is 24.4 Å². The molecular formula is C18H32N4O3. The average Bonchev–Trinajstić information content (AvgIpc) is 2.95. The van der Waals surface area contributed by atoms with Crippen molar-refractivity contribution < 1.29 is 14.1 Å². The molecule has 0 bridgehead atoms. The molecular weight excluding hydrogens is 320 g/mol. The topological polar surface area (TPSA) is 80.5 Å². The van der Waals surface area contributed by atoms with Gasteiger partial charge in [0.05, 0.1) is 6.54 Å². The Kier molecular flexibility index (Phi) is 6.08. The first-order valence-corrected chi connectivity index (χ1v) is 9.11. The van der Waals surface area contributed by atoms with Crippen molar-refractivity contribution in [3.63, 3.8) is 0 Å². The predicted molar refractivity (Wildman–Crippen MR) is 95.0 cm³/mol. The van der Waals surface area contributed by atoms with Crippen LogP contribution in [0, 0.1) is 0 Å². The van der Waals surface area contributed by atoms with Crippen LogP contribution < -0.4 is 5.32 Å². The molecule has 7 nitrogen and oxygen atoms in total. The minimum absolute atomic E-state index is 0.449. The lowest BCUT2D eigenvalue weighted by atomic mass is 9.94. The first-order chi connectivity index (χ1) is 11.6. The molecule has 0 aliphatic heterocycles. The molecule has 1 amide bonds. The van der Waals surface area contributed by atoms with E-state index < -0.39 is 17.2 Å². The van der Waals surface area contributed by atoms with Crippen molar-refractivity contribution in [2.24, 2.45) is 0 Å². The van der Waals surface area contributed by atoms with Crippen molar-refractivity contribution >= 4 is 6.09 Å². The number of carbonyl (C=O) groups excluding carboxylic acids is 1. The van der Waals surface area contributed by atoms with E-state index in [1.165, 1.54) is 32.1 Å². The Morgan fingerprint density at radius 3 is 2.48 bits per heavy atom. The molecule has 1 N–H and O–H groups in total. The van der Waals surface area contributed by atoms with Gasteiger partial charge in [-0.05, 0) is 54.5 Å². The number of nitrogens with zero attached hydrogens (tertiary/aromatic N) is 3. The summed E-state index contributed by atoms with van der Waals surface area (Å²) in [5, 5.41) is 6.85. The maximum Gasteiger partial charge on any atom is 0.408 e. The number of amides is 1. The fourth-order valence-electron chi connectivity index (χ4n) is 3.05. The number of hydrogen-bond acceptors (Lipinski definition) is 6. The zero-order valence-corrected chi connectivity index (χ0v) is 16.4. The molecule has 25 heavy (non-hydrogen) atoms. The number of rotatable bonds is 5. The molecule has 1 aliphatic rings. The normalized spacial score (nSPS) is 16.9. The molecule has 0 atom stereocenters. The second-order valence-electron chi connectivity index (χ2n) is 8.47. The maximum atomic E-state index is 12.0. The number of hydrogen-bond donors (Lipinski definition) is 1. The minimum atomic E-state index is -0.770. The Labute approximate surface area is 150 Å². The van der Waals surface area contributed by atoms with Gasteiger partial charge in [-0.3, -0.25) is 4.90 Å². The van der Waals surface area contributed by atoms with Crippen molar-refractivity contribution in [3.8, 4) is 0 Å². The molecule has 1 fully saturated rings. The van der Waals surface area contributed by atoms with E-state index in [0.717, 1.165) is 0 Å². The van der Waals surface area contributed by atoms with Crippen LogP contribution in [0.4, 0.5) is 4.79 Å². The van der Waals surface area contributed by atoms with E-state index in [4.69, 9.17) is 9.26 Å². The fourth-order valence-corrected chi connectivity index (χ4v) is 3.05. The van der Waals surface area contributed by atoms with Gasteiger partial charge in [-0.25, -0.2) is 4.79 Å². The van der Waals surface area contributed by atoms with Gasteiger partial charge in [0.2, 0.25) is 5.89 Å². The molecule has 2 rings (SSSR count). The smallest absolute Gasteiger partial charge is 0.408 e. The van der Waals surface area contributed by atoms with E-state index in [0.29, 0.717) is 24.3 Å². The third-order valence-electron chi connectivity index (χ3n) is 4.42. The third-order valence-corrected chi connectivity index (χ3v) is 4.42. The molecule has 1 saturated carbocycles. The van der Waals surface area contributed by atoms with Crippen molar-refractivity contribution in [2.75, 3.05) is 7.05 Å². The highest BCUT2D eigenvalue weighted by atomic mass is 16.6. The molecule has 7 heteroatoms. The van der Waals surface area contributed by atoms with Crippen LogP contribution in [-0.2, 0) is 16.8 Å². The fraction of sp³-hybridized carbons (Fsp3) is 0.833. The van der Waals surface area contributed by atoms with Gasteiger partial charge in [-0.15, -0.1) is 0 Å². The summed E-state index contributed by atoms with van der Waals surface area (Å²) in [5.74, 6) is 1.02. The van der Waals surface area contributed by atoms with Gasteiger partial charge in [0.1, 0.15) is 11.1 Å². The van der Waals surface area contributed by atoms with Crippen LogP contribution in [0.3, 0.4) is 0 Å². The van der Waals surface area contributed by atoms with E-state index in [1.807, 2.05) is 34.6 Å². The number of aromatic nitrogens is 2. The van der Waals surface area contributed by atoms with Gasteiger partial charge < -0.3 is 14.6 Å². The van der Waals surface area contributed by atoms with Crippen LogP contribution in [0.25, 0.3) is 0 Å². The largest absolute Gasteiger partial charge is 0.444 e. The summed E-state index contributed by atoms with van der Waals surface area (Å²) >= 11 is 0. The Morgan fingerprint density at radius 2 is 1.88 bits per heavy atom. The monoisotopic (exact) mass is 352 g/mol. The molecule has 0 spiro atoms. The van der Waals surface area contributed by atoms with E-state index >= 15 is 0 Å². The highest BCUT2D eigenvalue weighted by Crippen LogP contribution is 2.23. The van der Waals surface area contributed by atoms with Crippen LogP contribution in [-0.4, -0.2) is 39.8 Å². The van der Waals surface area contributed by atoms with Crippen LogP contribution in [0.1, 0.15) is 78.4 Å². The summed E-state index contributed by atoms with van der Waals surface area (Å²) in [6.45, 7) is 9.76. The lowest BCUT2D eigenvalue weighted by Crippen LogP contribution is -2.44. The molecule has 0 aromatic carbocycles. The second kappa shape index (κ2) is 7.72. The van der Waals surface area contributed by atoms with Crippen molar-refractivity contribution in [1.82, 2.24) is 20.4 Å². The van der Waals surface area contributed by atoms with Crippen LogP contribution in [0.2, 0.25) is 0 Å². The molecule has 1 aliphatic carbocycles.